The summed E-state index contributed by atoms with van der Waals surface area (Å²) in [5.41, 5.74) is 5.69. The Morgan fingerprint density at radius 2 is 0.949 bits per heavy atom. The monoisotopic (exact) mass is 530 g/mol. The fraction of sp³-hybridized carbons (Fsp3) is 0.500. The normalized spacial score (nSPS) is 12.6. The van der Waals surface area contributed by atoms with Gasteiger partial charge in [-0.25, -0.2) is 0 Å². The van der Waals surface area contributed by atoms with Gasteiger partial charge >= 0.3 is 0 Å². The maximum atomic E-state index is 12.3. The molecule has 1 heteroatoms. The van der Waals surface area contributed by atoms with Crippen molar-refractivity contribution in [2.75, 3.05) is 0 Å². The Morgan fingerprint density at radius 3 is 1.31 bits per heavy atom. The predicted octanol–water partition coefficient (Wildman–Crippen LogP) is 11.9. The molecule has 1 nitrogen and oxygen atoms in total. The topological polar surface area (TPSA) is 17.1 Å². The lowest BCUT2D eigenvalue weighted by Crippen LogP contribution is -2.26. The van der Waals surface area contributed by atoms with Crippen LogP contribution in [0.4, 0.5) is 0 Å². The van der Waals surface area contributed by atoms with Gasteiger partial charge in [0.05, 0.1) is 0 Å². The molecule has 216 valence electrons. The highest BCUT2D eigenvalue weighted by molar-refractivity contribution is 5.88. The van der Waals surface area contributed by atoms with Gasteiger partial charge in [0.15, 0.2) is 5.78 Å². The van der Waals surface area contributed by atoms with Crippen molar-refractivity contribution in [1.82, 2.24) is 0 Å². The molecule has 0 radical (unpaired) electrons. The molecule has 0 aliphatic heterocycles. The molecule has 0 N–H and O–H groups in total. The Balaban J connectivity index is 6.10. The molecule has 0 aromatic rings. The van der Waals surface area contributed by atoms with Crippen LogP contribution in [0.15, 0.2) is 111 Å². The largest absolute Gasteiger partial charge is 0.295 e. The average Bonchev–Trinajstić information content (AvgIpc) is 2.94. The van der Waals surface area contributed by atoms with E-state index in [-0.39, 0.29) is 16.6 Å². The van der Waals surface area contributed by atoms with Gasteiger partial charge in [-0.1, -0.05) is 125 Å². The molecule has 1 atom stereocenters. The molecular weight excluding hydrogens is 472 g/mol. The first kappa shape index (κ1) is 36.3. The van der Waals surface area contributed by atoms with Crippen LogP contribution in [0.1, 0.15) is 110 Å². The van der Waals surface area contributed by atoms with E-state index in [1.165, 1.54) is 12.5 Å². The lowest BCUT2D eigenvalue weighted by molar-refractivity contribution is -0.115. The molecule has 0 bridgehead atoms. The SMILES string of the molecule is C=CC(=C)CCC(CCC)(CCCC(CCC(=C)C=C)(CCC(=C)C=C)CCC(=O)C=C)CCC(=C)C(=C)C. The van der Waals surface area contributed by atoms with Crippen LogP contribution < -0.4 is 0 Å². The molecule has 0 spiro atoms. The van der Waals surface area contributed by atoms with Crippen molar-refractivity contribution in [2.45, 2.75) is 110 Å². The third kappa shape index (κ3) is 14.9. The van der Waals surface area contributed by atoms with Crippen LogP contribution in [0.3, 0.4) is 0 Å². The minimum atomic E-state index is 0.0283. The van der Waals surface area contributed by atoms with Crippen LogP contribution in [0.25, 0.3) is 0 Å². The zero-order valence-electron chi connectivity index (χ0n) is 25.7. The summed E-state index contributed by atoms with van der Waals surface area (Å²) in [6.45, 7) is 40.8. The van der Waals surface area contributed by atoms with Gasteiger partial charge in [-0.2, -0.15) is 0 Å². The van der Waals surface area contributed by atoms with Crippen LogP contribution in [0, 0.1) is 10.8 Å². The van der Waals surface area contributed by atoms with E-state index in [1.54, 1.807) is 0 Å². The maximum Gasteiger partial charge on any atom is 0.155 e. The van der Waals surface area contributed by atoms with Crippen molar-refractivity contribution < 1.29 is 4.79 Å². The van der Waals surface area contributed by atoms with E-state index in [9.17, 15) is 4.79 Å². The molecule has 0 fully saturated rings. The lowest BCUT2D eigenvalue weighted by atomic mass is 9.66. The van der Waals surface area contributed by atoms with Gasteiger partial charge in [0, 0.05) is 6.42 Å². The number of hydrogen-bond donors (Lipinski definition) is 0. The van der Waals surface area contributed by atoms with Gasteiger partial charge in [-0.15, -0.1) is 0 Å². The molecule has 0 aliphatic carbocycles. The zero-order chi connectivity index (χ0) is 29.9. The van der Waals surface area contributed by atoms with Crippen LogP contribution in [-0.4, -0.2) is 5.78 Å². The number of carbonyl (C=O) groups excluding carboxylic acids is 1. The summed E-state index contributed by atoms with van der Waals surface area (Å²) in [5.74, 6) is 0.117. The molecule has 0 aliphatic rings. The Bertz CT molecular complexity index is 847. The van der Waals surface area contributed by atoms with E-state index in [1.807, 2.05) is 18.2 Å². The molecule has 0 amide bonds. The number of hydrogen-bond acceptors (Lipinski definition) is 1. The first-order valence-corrected chi connectivity index (χ1v) is 14.8. The third-order valence-corrected chi connectivity index (χ3v) is 8.68. The van der Waals surface area contributed by atoms with Crippen LogP contribution in [-0.2, 0) is 4.79 Å². The zero-order valence-corrected chi connectivity index (χ0v) is 25.7. The van der Waals surface area contributed by atoms with Crippen molar-refractivity contribution in [3.8, 4) is 0 Å². The second-order valence-electron chi connectivity index (χ2n) is 11.7. The molecule has 0 saturated heterocycles. The van der Waals surface area contributed by atoms with Crippen LogP contribution in [0.5, 0.6) is 0 Å². The van der Waals surface area contributed by atoms with E-state index in [0.717, 1.165) is 111 Å². The number of carbonyl (C=O) groups is 1. The summed E-state index contributed by atoms with van der Waals surface area (Å²) in [6, 6.07) is 0. The number of rotatable bonds is 26. The second-order valence-corrected chi connectivity index (χ2v) is 11.7. The summed E-state index contributed by atoms with van der Waals surface area (Å²) in [5, 5.41) is 0. The Labute approximate surface area is 242 Å². The molecule has 0 aromatic carbocycles. The second kappa shape index (κ2) is 19.4. The molecule has 0 heterocycles. The first-order chi connectivity index (χ1) is 18.4. The van der Waals surface area contributed by atoms with Crippen molar-refractivity contribution >= 4 is 5.78 Å². The summed E-state index contributed by atoms with van der Waals surface area (Å²) in [6.07, 6.45) is 22.1. The van der Waals surface area contributed by atoms with E-state index in [0.29, 0.717) is 6.42 Å². The van der Waals surface area contributed by atoms with Gasteiger partial charge in [-0.05, 0) is 101 Å². The van der Waals surface area contributed by atoms with Gasteiger partial charge < -0.3 is 0 Å². The maximum absolute atomic E-state index is 12.3. The van der Waals surface area contributed by atoms with Crippen molar-refractivity contribution in [1.29, 1.82) is 0 Å². The van der Waals surface area contributed by atoms with Gasteiger partial charge in [0.25, 0.3) is 0 Å². The third-order valence-electron chi connectivity index (χ3n) is 8.68. The highest BCUT2D eigenvalue weighted by Gasteiger charge is 2.33. The molecule has 0 saturated carbocycles. The van der Waals surface area contributed by atoms with Crippen molar-refractivity contribution in [3.63, 3.8) is 0 Å². The molecule has 39 heavy (non-hydrogen) atoms. The van der Waals surface area contributed by atoms with Crippen molar-refractivity contribution in [3.05, 3.63) is 111 Å². The van der Waals surface area contributed by atoms with Crippen molar-refractivity contribution in [2.24, 2.45) is 10.8 Å². The fourth-order valence-corrected chi connectivity index (χ4v) is 5.57. The first-order valence-electron chi connectivity index (χ1n) is 14.8. The van der Waals surface area contributed by atoms with Gasteiger partial charge in [-0.3, -0.25) is 4.79 Å². The van der Waals surface area contributed by atoms with Crippen LogP contribution in [0.2, 0.25) is 0 Å². The minimum absolute atomic E-state index is 0.0283. The standard InChI is InChI=1S/C38H58O/c1-12-23-37(26-18-32(8)13-2,29-21-35(11)31(6)7)24-17-25-38(27-19-33(9)14-3,28-20-34(10)15-4)30-22-36(39)16-5/h13-16H,2-6,8-12,17-30H2,1,7H3. The Kier molecular flexibility index (Phi) is 18.1. The summed E-state index contributed by atoms with van der Waals surface area (Å²) in [7, 11) is 0. The highest BCUT2D eigenvalue weighted by Crippen LogP contribution is 2.46. The smallest absolute Gasteiger partial charge is 0.155 e. The summed E-state index contributed by atoms with van der Waals surface area (Å²) in [4.78, 5) is 12.3. The van der Waals surface area contributed by atoms with E-state index < -0.39 is 0 Å². The van der Waals surface area contributed by atoms with E-state index >= 15 is 0 Å². The Morgan fingerprint density at radius 1 is 0.564 bits per heavy atom. The fourth-order valence-electron chi connectivity index (χ4n) is 5.57. The molecule has 0 rings (SSSR count). The highest BCUT2D eigenvalue weighted by atomic mass is 16.1. The lowest BCUT2D eigenvalue weighted by Gasteiger charge is -2.39. The summed E-state index contributed by atoms with van der Waals surface area (Å²) >= 11 is 0. The number of ketones is 1. The van der Waals surface area contributed by atoms with Gasteiger partial charge in [0.1, 0.15) is 0 Å². The Hall–Kier alpha value is -2.67. The minimum Gasteiger partial charge on any atom is -0.295 e. The molecule has 0 aromatic heterocycles. The molecule has 1 unspecified atom stereocenters. The number of allylic oxidation sites excluding steroid dienone is 9. The average molecular weight is 531 g/mol. The molecular formula is C38H58O. The van der Waals surface area contributed by atoms with Gasteiger partial charge in [0.2, 0.25) is 0 Å². The predicted molar refractivity (Wildman–Crippen MR) is 177 cm³/mol. The van der Waals surface area contributed by atoms with E-state index in [4.69, 9.17) is 0 Å². The van der Waals surface area contributed by atoms with E-state index in [2.05, 4.69) is 73.1 Å². The summed E-state index contributed by atoms with van der Waals surface area (Å²) < 4.78 is 0. The quantitative estimate of drug-likeness (QED) is 0.0802. The van der Waals surface area contributed by atoms with Crippen LogP contribution >= 0.6 is 0 Å².